The predicted octanol–water partition coefficient (Wildman–Crippen LogP) is 3.16. The fourth-order valence-corrected chi connectivity index (χ4v) is 3.00. The maximum atomic E-state index is 5.60. The van der Waals surface area contributed by atoms with Crippen LogP contribution >= 0.6 is 11.8 Å². The van der Waals surface area contributed by atoms with Crippen LogP contribution in [0.5, 0.6) is 0 Å². The Balaban J connectivity index is 1.83. The molecular formula is C15H23NOS. The van der Waals surface area contributed by atoms with E-state index in [1.807, 2.05) is 0 Å². The summed E-state index contributed by atoms with van der Waals surface area (Å²) in [6.07, 6.45) is 0.301. The van der Waals surface area contributed by atoms with Crippen molar-refractivity contribution in [1.29, 1.82) is 0 Å². The Kier molecular flexibility index (Phi) is 5.54. The summed E-state index contributed by atoms with van der Waals surface area (Å²) in [6, 6.07) is 8.86. The summed E-state index contributed by atoms with van der Waals surface area (Å²) in [5, 5.41) is 0. The lowest BCUT2D eigenvalue weighted by molar-refractivity contribution is 0.0657. The average Bonchev–Trinajstić information content (AvgIpc) is 2.39. The van der Waals surface area contributed by atoms with Crippen molar-refractivity contribution in [2.75, 3.05) is 24.6 Å². The van der Waals surface area contributed by atoms with E-state index in [1.165, 1.54) is 35.7 Å². The smallest absolute Gasteiger partial charge is 0.0720 e. The molecule has 2 nitrogen and oxygen atoms in total. The Bertz CT molecular complexity index is 344. The topological polar surface area (TPSA) is 12.5 Å². The number of hydrogen-bond donors (Lipinski definition) is 0. The molecule has 0 atom stereocenters. The van der Waals surface area contributed by atoms with Gasteiger partial charge in [0.15, 0.2) is 0 Å². The predicted molar refractivity (Wildman–Crippen MR) is 79.0 cm³/mol. The van der Waals surface area contributed by atoms with Crippen LogP contribution in [0.15, 0.2) is 24.3 Å². The second-order valence-corrected chi connectivity index (χ2v) is 6.29. The van der Waals surface area contributed by atoms with Crippen molar-refractivity contribution in [3.8, 4) is 0 Å². The van der Waals surface area contributed by atoms with E-state index in [0.29, 0.717) is 6.10 Å². The first-order valence-electron chi connectivity index (χ1n) is 6.73. The second-order valence-electron chi connectivity index (χ2n) is 5.06. The number of hydrogen-bond acceptors (Lipinski definition) is 3. The minimum absolute atomic E-state index is 0.301. The molecule has 0 radical (unpaired) electrons. The molecule has 0 spiro atoms. The van der Waals surface area contributed by atoms with Crippen LogP contribution in [0, 0.1) is 0 Å². The molecule has 1 saturated heterocycles. The summed E-state index contributed by atoms with van der Waals surface area (Å²) < 4.78 is 5.60. The van der Waals surface area contributed by atoms with Crippen molar-refractivity contribution in [2.24, 2.45) is 0 Å². The van der Waals surface area contributed by atoms with E-state index in [4.69, 9.17) is 4.74 Å². The van der Waals surface area contributed by atoms with Crippen molar-refractivity contribution < 1.29 is 4.74 Å². The normalized spacial score (nSPS) is 17.3. The monoisotopic (exact) mass is 265 g/mol. The summed E-state index contributed by atoms with van der Waals surface area (Å²) in [5.41, 5.74) is 2.68. The molecule has 0 saturated carbocycles. The number of benzene rings is 1. The highest BCUT2D eigenvalue weighted by Gasteiger charge is 2.10. The van der Waals surface area contributed by atoms with E-state index >= 15 is 0 Å². The molecule has 2 rings (SSSR count). The molecule has 18 heavy (non-hydrogen) atoms. The Morgan fingerprint density at radius 3 is 2.33 bits per heavy atom. The van der Waals surface area contributed by atoms with Gasteiger partial charge in [-0.3, -0.25) is 4.90 Å². The van der Waals surface area contributed by atoms with Crippen molar-refractivity contribution in [1.82, 2.24) is 4.90 Å². The van der Waals surface area contributed by atoms with Gasteiger partial charge in [0.05, 0.1) is 12.7 Å². The first-order valence-corrected chi connectivity index (χ1v) is 7.89. The third-order valence-electron chi connectivity index (χ3n) is 3.12. The molecular weight excluding hydrogens is 242 g/mol. The summed E-state index contributed by atoms with van der Waals surface area (Å²) in [7, 11) is 0. The van der Waals surface area contributed by atoms with E-state index in [2.05, 4.69) is 54.8 Å². The molecule has 100 valence electrons. The molecule has 1 aliphatic heterocycles. The van der Waals surface area contributed by atoms with E-state index in [-0.39, 0.29) is 0 Å². The lowest BCUT2D eigenvalue weighted by atomic mass is 10.1. The Morgan fingerprint density at radius 2 is 1.72 bits per heavy atom. The molecule has 0 bridgehead atoms. The van der Waals surface area contributed by atoms with Gasteiger partial charge < -0.3 is 4.74 Å². The van der Waals surface area contributed by atoms with E-state index in [1.54, 1.807) is 0 Å². The van der Waals surface area contributed by atoms with Crippen LogP contribution in [0.1, 0.15) is 25.0 Å². The zero-order chi connectivity index (χ0) is 12.8. The highest BCUT2D eigenvalue weighted by Crippen LogP contribution is 2.14. The summed E-state index contributed by atoms with van der Waals surface area (Å²) >= 11 is 2.06. The highest BCUT2D eigenvalue weighted by atomic mass is 32.2. The quantitative estimate of drug-likeness (QED) is 0.811. The maximum absolute atomic E-state index is 5.60. The van der Waals surface area contributed by atoms with Crippen molar-refractivity contribution in [2.45, 2.75) is 33.1 Å². The van der Waals surface area contributed by atoms with Crippen molar-refractivity contribution >= 4 is 11.8 Å². The molecule has 0 aromatic heterocycles. The SMILES string of the molecule is CC(C)OCc1ccc(CN2CCSCC2)cc1. The first kappa shape index (κ1) is 13.9. The molecule has 0 aliphatic carbocycles. The minimum Gasteiger partial charge on any atom is -0.374 e. The van der Waals surface area contributed by atoms with Gasteiger partial charge in [-0.05, 0) is 25.0 Å². The average molecular weight is 265 g/mol. The van der Waals surface area contributed by atoms with Crippen LogP contribution in [0.3, 0.4) is 0 Å². The van der Waals surface area contributed by atoms with Crippen LogP contribution in [0.2, 0.25) is 0 Å². The Morgan fingerprint density at radius 1 is 1.11 bits per heavy atom. The number of nitrogens with zero attached hydrogens (tertiary/aromatic N) is 1. The molecule has 3 heteroatoms. The number of thioether (sulfide) groups is 1. The van der Waals surface area contributed by atoms with E-state index in [9.17, 15) is 0 Å². The third-order valence-corrected chi connectivity index (χ3v) is 4.06. The van der Waals surface area contributed by atoms with Crippen LogP contribution in [0.25, 0.3) is 0 Å². The van der Waals surface area contributed by atoms with Crippen molar-refractivity contribution in [3.05, 3.63) is 35.4 Å². The molecule has 0 amide bonds. The fourth-order valence-electron chi connectivity index (χ4n) is 2.02. The van der Waals surface area contributed by atoms with Gasteiger partial charge >= 0.3 is 0 Å². The molecule has 0 N–H and O–H groups in total. The van der Waals surface area contributed by atoms with Crippen LogP contribution in [0.4, 0.5) is 0 Å². The van der Waals surface area contributed by atoms with Crippen LogP contribution < -0.4 is 0 Å². The largest absolute Gasteiger partial charge is 0.374 e. The summed E-state index contributed by atoms with van der Waals surface area (Å²) in [5.74, 6) is 2.56. The third kappa shape index (κ3) is 4.63. The summed E-state index contributed by atoms with van der Waals surface area (Å²) in [6.45, 7) is 8.40. The first-order chi connectivity index (χ1) is 8.74. The van der Waals surface area contributed by atoms with Gasteiger partial charge in [-0.1, -0.05) is 24.3 Å². The highest BCUT2D eigenvalue weighted by molar-refractivity contribution is 7.99. The fraction of sp³-hybridized carbons (Fsp3) is 0.600. The van der Waals surface area contributed by atoms with Crippen molar-refractivity contribution in [3.63, 3.8) is 0 Å². The Labute approximate surface area is 115 Å². The van der Waals surface area contributed by atoms with Crippen LogP contribution in [-0.4, -0.2) is 35.6 Å². The zero-order valence-corrected chi connectivity index (χ0v) is 12.2. The van der Waals surface area contributed by atoms with Gasteiger partial charge in [-0.15, -0.1) is 0 Å². The van der Waals surface area contributed by atoms with E-state index < -0.39 is 0 Å². The lowest BCUT2D eigenvalue weighted by Crippen LogP contribution is -2.31. The van der Waals surface area contributed by atoms with Crippen LogP contribution in [-0.2, 0) is 17.9 Å². The maximum Gasteiger partial charge on any atom is 0.0720 e. The van der Waals surface area contributed by atoms with Gasteiger partial charge in [0.25, 0.3) is 0 Å². The number of rotatable bonds is 5. The molecule has 1 aromatic carbocycles. The minimum atomic E-state index is 0.301. The Hall–Kier alpha value is -0.510. The number of ether oxygens (including phenoxy) is 1. The molecule has 1 fully saturated rings. The van der Waals surface area contributed by atoms with Gasteiger partial charge in [0, 0.05) is 31.1 Å². The molecule has 1 heterocycles. The molecule has 0 unspecified atom stereocenters. The second kappa shape index (κ2) is 7.17. The molecule has 1 aliphatic rings. The van der Waals surface area contributed by atoms with Gasteiger partial charge in [0.1, 0.15) is 0 Å². The lowest BCUT2D eigenvalue weighted by Gasteiger charge is -2.26. The summed E-state index contributed by atoms with van der Waals surface area (Å²) in [4.78, 5) is 2.54. The molecule has 1 aromatic rings. The van der Waals surface area contributed by atoms with E-state index in [0.717, 1.165) is 13.2 Å². The van der Waals surface area contributed by atoms with Gasteiger partial charge in [0.2, 0.25) is 0 Å². The van der Waals surface area contributed by atoms with Gasteiger partial charge in [-0.2, -0.15) is 11.8 Å². The standard InChI is InChI=1S/C15H23NOS/c1-13(2)17-12-15-5-3-14(4-6-15)11-16-7-9-18-10-8-16/h3-6,13H,7-12H2,1-2H3. The van der Waals surface area contributed by atoms with Gasteiger partial charge in [-0.25, -0.2) is 0 Å². The zero-order valence-electron chi connectivity index (χ0n) is 11.4.